The molecule has 0 amide bonds. The van der Waals surface area contributed by atoms with Crippen molar-refractivity contribution in [2.45, 2.75) is 25.9 Å². The predicted octanol–water partition coefficient (Wildman–Crippen LogP) is 2.32. The molecule has 1 aromatic carbocycles. The van der Waals surface area contributed by atoms with Crippen molar-refractivity contribution < 1.29 is 24.6 Å². The third kappa shape index (κ3) is 3.51. The Labute approximate surface area is 170 Å². The lowest BCUT2D eigenvalue weighted by molar-refractivity contribution is -0.386. The van der Waals surface area contributed by atoms with Crippen molar-refractivity contribution in [3.63, 3.8) is 0 Å². The minimum absolute atomic E-state index is 0.0137. The number of aliphatic hydroxyl groups is 2. The van der Waals surface area contributed by atoms with Crippen molar-refractivity contribution in [1.29, 1.82) is 0 Å². The minimum atomic E-state index is -0.604. The van der Waals surface area contributed by atoms with Gasteiger partial charge in [-0.15, -0.1) is 0 Å². The summed E-state index contributed by atoms with van der Waals surface area (Å²) in [6.45, 7) is -0.273. The fourth-order valence-electron chi connectivity index (χ4n) is 3.43. The van der Waals surface area contributed by atoms with E-state index in [1.165, 1.54) is 12.4 Å². The lowest BCUT2D eigenvalue weighted by Crippen LogP contribution is -2.08. The second-order valence-electron chi connectivity index (χ2n) is 6.70. The minimum Gasteiger partial charge on any atom is -0.508 e. The molecule has 1 aliphatic rings. The van der Waals surface area contributed by atoms with Crippen LogP contribution < -0.4 is 5.73 Å². The highest BCUT2D eigenvalue weighted by Crippen LogP contribution is 2.35. The number of hydrogen-bond donors (Lipinski definition) is 3. The summed E-state index contributed by atoms with van der Waals surface area (Å²) in [5.41, 5.74) is 7.65. The van der Waals surface area contributed by atoms with Gasteiger partial charge in [0.25, 0.3) is 5.69 Å². The molecule has 0 saturated carbocycles. The van der Waals surface area contributed by atoms with Crippen LogP contribution in [0, 0.1) is 10.1 Å². The lowest BCUT2D eigenvalue weighted by atomic mass is 10.2. The maximum absolute atomic E-state index is 11.2. The Balaban J connectivity index is 1.59. The molecule has 0 bridgehead atoms. The van der Waals surface area contributed by atoms with E-state index in [4.69, 9.17) is 15.2 Å². The molecule has 1 atom stereocenters. The molecule has 0 fully saturated rings. The van der Waals surface area contributed by atoms with Crippen LogP contribution >= 0.6 is 0 Å². The molecule has 3 aromatic rings. The number of nitro groups is 1. The fraction of sp³-hybridized carbons (Fsp3) is 0.263. The monoisotopic (exact) mass is 413 g/mol. The van der Waals surface area contributed by atoms with E-state index in [2.05, 4.69) is 9.97 Å². The summed E-state index contributed by atoms with van der Waals surface area (Å²) in [6.07, 6.45) is 2.61. The number of hydrogen-bond acceptors (Lipinski definition) is 9. The molecular weight excluding hydrogens is 394 g/mol. The van der Waals surface area contributed by atoms with Crippen LogP contribution in [0.3, 0.4) is 0 Å². The molecule has 4 rings (SSSR count). The van der Waals surface area contributed by atoms with Crippen molar-refractivity contribution >= 4 is 22.5 Å². The molecule has 0 unspecified atom stereocenters. The number of rotatable bonds is 7. The standard InChI is InChI=1S/C19H19N5O6/c20-18-17-12(9-29-8-11-3-1-2-4-13(11)24(27)28)6-23(19(17)22-10-21-18)16-5-14(26)15(7-25)30-16/h1-4,6,10,16,25-26H,5,7-9H2,(H2,20,21,22)/t16-/m1/s1. The first-order chi connectivity index (χ1) is 14.5. The molecule has 0 radical (unpaired) electrons. The van der Waals surface area contributed by atoms with Gasteiger partial charge in [0.2, 0.25) is 0 Å². The Kier molecular flexibility index (Phi) is 5.21. The van der Waals surface area contributed by atoms with Gasteiger partial charge in [0.05, 0.1) is 35.5 Å². The Morgan fingerprint density at radius 1 is 1.30 bits per heavy atom. The Morgan fingerprint density at radius 2 is 2.07 bits per heavy atom. The Morgan fingerprint density at radius 3 is 2.80 bits per heavy atom. The molecular formula is C19H19N5O6. The smallest absolute Gasteiger partial charge is 0.274 e. The van der Waals surface area contributed by atoms with E-state index in [9.17, 15) is 20.3 Å². The first-order valence-corrected chi connectivity index (χ1v) is 9.08. The number of nitrogens with two attached hydrogens (primary N) is 1. The first-order valence-electron chi connectivity index (χ1n) is 9.08. The number of nitrogens with zero attached hydrogens (tertiary/aromatic N) is 4. The second kappa shape index (κ2) is 7.97. The number of fused-ring (bicyclic) bond motifs is 1. The number of ether oxygens (including phenoxy) is 2. The van der Waals surface area contributed by atoms with E-state index < -0.39 is 17.8 Å². The molecule has 156 valence electrons. The van der Waals surface area contributed by atoms with Gasteiger partial charge in [-0.05, 0) is 6.07 Å². The summed E-state index contributed by atoms with van der Waals surface area (Å²) in [4.78, 5) is 19.0. The van der Waals surface area contributed by atoms with E-state index in [1.807, 2.05) is 0 Å². The summed E-state index contributed by atoms with van der Waals surface area (Å²) in [6, 6.07) is 6.36. The van der Waals surface area contributed by atoms with Gasteiger partial charge in [-0.3, -0.25) is 14.7 Å². The van der Waals surface area contributed by atoms with Crippen molar-refractivity contribution in [3.8, 4) is 0 Å². The van der Waals surface area contributed by atoms with Crippen LogP contribution in [0.25, 0.3) is 11.0 Å². The molecule has 0 saturated heterocycles. The second-order valence-corrected chi connectivity index (χ2v) is 6.70. The van der Waals surface area contributed by atoms with Crippen molar-refractivity contribution in [1.82, 2.24) is 14.5 Å². The number of nitro benzene ring substituents is 1. The van der Waals surface area contributed by atoms with Gasteiger partial charge in [0.15, 0.2) is 12.0 Å². The summed E-state index contributed by atoms with van der Waals surface area (Å²) in [7, 11) is 0. The normalized spacial score (nSPS) is 16.2. The third-order valence-corrected chi connectivity index (χ3v) is 4.84. The highest BCUT2D eigenvalue weighted by molar-refractivity contribution is 5.89. The molecule has 0 aliphatic carbocycles. The van der Waals surface area contributed by atoms with E-state index >= 15 is 0 Å². The van der Waals surface area contributed by atoms with Crippen molar-refractivity contribution in [2.75, 3.05) is 12.3 Å². The van der Waals surface area contributed by atoms with Crippen LogP contribution in [-0.4, -0.2) is 36.3 Å². The van der Waals surface area contributed by atoms with Crippen LogP contribution in [0.1, 0.15) is 23.8 Å². The molecule has 3 heterocycles. The summed E-state index contributed by atoms with van der Waals surface area (Å²) in [5, 5.41) is 31.0. The fourth-order valence-corrected chi connectivity index (χ4v) is 3.43. The largest absolute Gasteiger partial charge is 0.508 e. The number of benzene rings is 1. The Bertz CT molecular complexity index is 1140. The summed E-state index contributed by atoms with van der Waals surface area (Å²) < 4.78 is 13.0. The van der Waals surface area contributed by atoms with Crippen LogP contribution in [0.2, 0.25) is 0 Å². The average Bonchev–Trinajstić information content (AvgIpc) is 3.29. The van der Waals surface area contributed by atoms with E-state index in [0.29, 0.717) is 22.2 Å². The number of anilines is 1. The first kappa shape index (κ1) is 19.6. The predicted molar refractivity (Wildman–Crippen MR) is 105 cm³/mol. The van der Waals surface area contributed by atoms with E-state index in [-0.39, 0.29) is 42.7 Å². The SMILES string of the molecule is Nc1ncnc2c1c(COCc1ccccc1[N+](=O)[O-])cn2[C@H]1CC(O)=C(CO)O1. The number of para-hydroxylation sites is 1. The maximum Gasteiger partial charge on any atom is 0.274 e. The zero-order chi connectivity index (χ0) is 21.3. The van der Waals surface area contributed by atoms with Gasteiger partial charge in [0.1, 0.15) is 30.2 Å². The highest BCUT2D eigenvalue weighted by Gasteiger charge is 2.29. The van der Waals surface area contributed by atoms with Crippen molar-refractivity contribution in [3.05, 3.63) is 69.5 Å². The van der Waals surface area contributed by atoms with Crippen molar-refractivity contribution in [2.24, 2.45) is 0 Å². The van der Waals surface area contributed by atoms with Gasteiger partial charge >= 0.3 is 0 Å². The molecule has 1 aliphatic heterocycles. The van der Waals surface area contributed by atoms with Gasteiger partial charge in [-0.2, -0.15) is 0 Å². The lowest BCUT2D eigenvalue weighted by Gasteiger charge is -2.14. The number of aromatic nitrogens is 3. The van der Waals surface area contributed by atoms with Crippen LogP contribution in [0.4, 0.5) is 11.5 Å². The number of nitrogen functional groups attached to an aromatic ring is 1. The molecule has 2 aromatic heterocycles. The van der Waals surface area contributed by atoms with Crippen LogP contribution in [-0.2, 0) is 22.7 Å². The quantitative estimate of drug-likeness (QED) is 0.390. The van der Waals surface area contributed by atoms with Crippen LogP contribution in [0.15, 0.2) is 48.3 Å². The van der Waals surface area contributed by atoms with Gasteiger partial charge in [0, 0.05) is 17.8 Å². The van der Waals surface area contributed by atoms with E-state index in [0.717, 1.165) is 0 Å². The van der Waals surface area contributed by atoms with E-state index in [1.54, 1.807) is 29.0 Å². The highest BCUT2D eigenvalue weighted by atomic mass is 16.6. The van der Waals surface area contributed by atoms with Gasteiger partial charge < -0.3 is 25.4 Å². The van der Waals surface area contributed by atoms with Gasteiger partial charge in [-0.1, -0.05) is 12.1 Å². The average molecular weight is 413 g/mol. The molecule has 30 heavy (non-hydrogen) atoms. The number of aliphatic hydroxyl groups excluding tert-OH is 2. The third-order valence-electron chi connectivity index (χ3n) is 4.84. The molecule has 4 N–H and O–H groups in total. The van der Waals surface area contributed by atoms with Gasteiger partial charge in [-0.25, -0.2) is 9.97 Å². The zero-order valence-corrected chi connectivity index (χ0v) is 15.8. The molecule has 11 nitrogen and oxygen atoms in total. The van der Waals surface area contributed by atoms with Crippen LogP contribution in [0.5, 0.6) is 0 Å². The zero-order valence-electron chi connectivity index (χ0n) is 15.8. The Hall–Kier alpha value is -3.70. The maximum atomic E-state index is 11.2. The topological polar surface area (TPSA) is 159 Å². The molecule has 11 heteroatoms. The summed E-state index contributed by atoms with van der Waals surface area (Å²) >= 11 is 0. The molecule has 0 spiro atoms. The summed E-state index contributed by atoms with van der Waals surface area (Å²) in [5.74, 6) is 0.333.